The van der Waals surface area contributed by atoms with Gasteiger partial charge in [0, 0.05) is 12.6 Å². The van der Waals surface area contributed by atoms with Crippen molar-refractivity contribution in [3.8, 4) is 6.07 Å². The van der Waals surface area contributed by atoms with E-state index >= 15 is 0 Å². The Bertz CT molecular complexity index is 245. The first kappa shape index (κ1) is 13.5. The predicted octanol–water partition coefficient (Wildman–Crippen LogP) is 2.60. The van der Waals surface area contributed by atoms with E-state index in [4.69, 9.17) is 15.7 Å². The lowest BCUT2D eigenvalue weighted by Gasteiger charge is -2.28. The first-order chi connectivity index (χ1) is 7.55. The fraction of sp³-hybridized carbons (Fsp3) is 0.923. The van der Waals surface area contributed by atoms with Gasteiger partial charge in [0.1, 0.15) is 0 Å². The van der Waals surface area contributed by atoms with Gasteiger partial charge < -0.3 is 10.5 Å². The van der Waals surface area contributed by atoms with Crippen LogP contribution < -0.4 is 5.73 Å². The second kappa shape index (κ2) is 6.22. The van der Waals surface area contributed by atoms with Crippen molar-refractivity contribution in [2.24, 2.45) is 11.1 Å². The fourth-order valence-corrected chi connectivity index (χ4v) is 2.14. The van der Waals surface area contributed by atoms with Gasteiger partial charge in [0.15, 0.2) is 0 Å². The summed E-state index contributed by atoms with van der Waals surface area (Å²) < 4.78 is 5.80. The normalized spacial score (nSPS) is 26.4. The maximum absolute atomic E-state index is 8.87. The van der Waals surface area contributed by atoms with E-state index in [1.54, 1.807) is 0 Å². The van der Waals surface area contributed by atoms with Crippen LogP contribution in [0.3, 0.4) is 0 Å². The molecule has 0 aromatic heterocycles. The summed E-state index contributed by atoms with van der Waals surface area (Å²) in [6, 6.07) is 2.53. The van der Waals surface area contributed by atoms with E-state index in [9.17, 15) is 0 Å². The van der Waals surface area contributed by atoms with Crippen molar-refractivity contribution in [3.05, 3.63) is 0 Å². The number of hydrogen-bond donors (Lipinski definition) is 1. The molecule has 3 heteroatoms. The zero-order valence-corrected chi connectivity index (χ0v) is 10.5. The van der Waals surface area contributed by atoms with Crippen molar-refractivity contribution in [3.63, 3.8) is 0 Å². The van der Waals surface area contributed by atoms with E-state index < -0.39 is 0 Å². The van der Waals surface area contributed by atoms with E-state index in [1.165, 1.54) is 12.8 Å². The second-order valence-electron chi connectivity index (χ2n) is 5.46. The number of ether oxygens (including phenoxy) is 1. The second-order valence-corrected chi connectivity index (χ2v) is 5.46. The molecule has 2 unspecified atom stereocenters. The minimum absolute atomic E-state index is 0.220. The molecule has 0 saturated heterocycles. The summed E-state index contributed by atoms with van der Waals surface area (Å²) in [6.45, 7) is 4.68. The molecule has 0 aliphatic heterocycles. The molecule has 16 heavy (non-hydrogen) atoms. The van der Waals surface area contributed by atoms with Gasteiger partial charge >= 0.3 is 0 Å². The molecule has 0 aromatic rings. The highest BCUT2D eigenvalue weighted by Gasteiger charge is 2.22. The summed E-state index contributed by atoms with van der Waals surface area (Å²) in [7, 11) is 0. The van der Waals surface area contributed by atoms with Gasteiger partial charge in [-0.05, 0) is 39.5 Å². The van der Waals surface area contributed by atoms with Gasteiger partial charge in [-0.15, -0.1) is 0 Å². The molecule has 1 rings (SSSR count). The largest absolute Gasteiger partial charge is 0.377 e. The lowest BCUT2D eigenvalue weighted by molar-refractivity contribution is 0.0114. The van der Waals surface area contributed by atoms with Crippen molar-refractivity contribution in [2.45, 2.75) is 64.5 Å². The molecule has 0 aromatic carbocycles. The average molecular weight is 224 g/mol. The van der Waals surface area contributed by atoms with Crippen LogP contribution in [-0.2, 0) is 4.74 Å². The molecule has 3 nitrogen and oxygen atoms in total. The van der Waals surface area contributed by atoms with Crippen LogP contribution in [0.25, 0.3) is 0 Å². The van der Waals surface area contributed by atoms with Gasteiger partial charge in [-0.25, -0.2) is 0 Å². The summed E-state index contributed by atoms with van der Waals surface area (Å²) in [5.74, 6) is 0. The molecule has 0 bridgehead atoms. The molecule has 2 atom stereocenters. The Labute approximate surface area is 99.0 Å². The molecule has 2 N–H and O–H groups in total. The van der Waals surface area contributed by atoms with Crippen molar-refractivity contribution in [1.82, 2.24) is 0 Å². The standard InChI is InChI=1S/C13H24N2O/c1-13(2,10-14)8-5-9-16-12-7-4-3-6-11(12)15/h11-12H,3-9,15H2,1-2H3. The summed E-state index contributed by atoms with van der Waals surface area (Å²) in [6.07, 6.45) is 6.76. The maximum Gasteiger partial charge on any atom is 0.0725 e. The van der Waals surface area contributed by atoms with Crippen LogP contribution in [0.2, 0.25) is 0 Å². The highest BCUT2D eigenvalue weighted by Crippen LogP contribution is 2.23. The average Bonchev–Trinajstić information content (AvgIpc) is 2.27. The first-order valence-corrected chi connectivity index (χ1v) is 6.33. The van der Waals surface area contributed by atoms with E-state index in [2.05, 4.69) is 6.07 Å². The van der Waals surface area contributed by atoms with E-state index in [1.807, 2.05) is 13.8 Å². The Morgan fingerprint density at radius 1 is 1.38 bits per heavy atom. The van der Waals surface area contributed by atoms with Crippen LogP contribution in [0.4, 0.5) is 0 Å². The van der Waals surface area contributed by atoms with Gasteiger partial charge in [-0.3, -0.25) is 0 Å². The summed E-state index contributed by atoms with van der Waals surface area (Å²) >= 11 is 0. The minimum Gasteiger partial charge on any atom is -0.377 e. The van der Waals surface area contributed by atoms with E-state index in [0.717, 1.165) is 32.3 Å². The lowest BCUT2D eigenvalue weighted by atomic mass is 9.90. The number of rotatable bonds is 5. The van der Waals surface area contributed by atoms with Crippen molar-refractivity contribution in [2.75, 3.05) is 6.61 Å². The third-order valence-corrected chi connectivity index (χ3v) is 3.33. The van der Waals surface area contributed by atoms with Gasteiger partial charge in [-0.1, -0.05) is 12.8 Å². The molecule has 92 valence electrons. The van der Waals surface area contributed by atoms with Gasteiger partial charge in [-0.2, -0.15) is 5.26 Å². The number of hydrogen-bond acceptors (Lipinski definition) is 3. The Morgan fingerprint density at radius 3 is 2.69 bits per heavy atom. The van der Waals surface area contributed by atoms with Crippen LogP contribution in [-0.4, -0.2) is 18.8 Å². The molecule has 0 spiro atoms. The van der Waals surface area contributed by atoms with Gasteiger partial charge in [0.05, 0.1) is 17.6 Å². The Kier molecular flexibility index (Phi) is 5.24. The third kappa shape index (κ3) is 4.51. The van der Waals surface area contributed by atoms with E-state index in [-0.39, 0.29) is 17.6 Å². The van der Waals surface area contributed by atoms with Crippen LogP contribution in [0.5, 0.6) is 0 Å². The molecule has 1 aliphatic carbocycles. The zero-order valence-electron chi connectivity index (χ0n) is 10.5. The van der Waals surface area contributed by atoms with E-state index in [0.29, 0.717) is 0 Å². The molecular weight excluding hydrogens is 200 g/mol. The summed E-state index contributed by atoms with van der Waals surface area (Å²) in [5, 5.41) is 8.87. The number of nitrogens with zero attached hydrogens (tertiary/aromatic N) is 1. The zero-order chi connectivity index (χ0) is 12.0. The fourth-order valence-electron chi connectivity index (χ4n) is 2.14. The maximum atomic E-state index is 8.87. The van der Waals surface area contributed by atoms with Crippen LogP contribution >= 0.6 is 0 Å². The Morgan fingerprint density at radius 2 is 2.06 bits per heavy atom. The highest BCUT2D eigenvalue weighted by atomic mass is 16.5. The Hall–Kier alpha value is -0.590. The molecule has 0 amide bonds. The third-order valence-electron chi connectivity index (χ3n) is 3.33. The predicted molar refractivity (Wildman–Crippen MR) is 64.8 cm³/mol. The van der Waals surface area contributed by atoms with Crippen molar-refractivity contribution < 1.29 is 4.74 Å². The SMILES string of the molecule is CC(C)(C#N)CCCOC1CCCCC1N. The minimum atomic E-state index is -0.224. The first-order valence-electron chi connectivity index (χ1n) is 6.33. The summed E-state index contributed by atoms with van der Waals surface area (Å²) in [5.41, 5.74) is 5.77. The molecular formula is C13H24N2O. The van der Waals surface area contributed by atoms with Crippen LogP contribution in [0.15, 0.2) is 0 Å². The topological polar surface area (TPSA) is 59.0 Å². The number of nitriles is 1. The molecule has 1 aliphatic rings. The highest BCUT2D eigenvalue weighted by molar-refractivity contribution is 4.91. The molecule has 0 radical (unpaired) electrons. The molecule has 1 saturated carbocycles. The lowest BCUT2D eigenvalue weighted by Crippen LogP contribution is -2.39. The Balaban J connectivity index is 2.13. The monoisotopic (exact) mass is 224 g/mol. The molecule has 0 heterocycles. The van der Waals surface area contributed by atoms with Crippen molar-refractivity contribution >= 4 is 0 Å². The van der Waals surface area contributed by atoms with Crippen LogP contribution in [0, 0.1) is 16.7 Å². The van der Waals surface area contributed by atoms with Crippen LogP contribution in [0.1, 0.15) is 52.4 Å². The van der Waals surface area contributed by atoms with Gasteiger partial charge in [0.2, 0.25) is 0 Å². The quantitative estimate of drug-likeness (QED) is 0.730. The van der Waals surface area contributed by atoms with Gasteiger partial charge in [0.25, 0.3) is 0 Å². The molecule has 1 fully saturated rings. The number of nitrogens with two attached hydrogens (primary N) is 1. The van der Waals surface area contributed by atoms with Crippen molar-refractivity contribution in [1.29, 1.82) is 5.26 Å². The smallest absolute Gasteiger partial charge is 0.0725 e. The summed E-state index contributed by atoms with van der Waals surface area (Å²) in [4.78, 5) is 0.